The largest absolute Gasteiger partial charge is 0.310 e. The number of para-hydroxylation sites is 1. The lowest BCUT2D eigenvalue weighted by molar-refractivity contribution is 0.661. The van der Waals surface area contributed by atoms with Crippen LogP contribution in [-0.4, -0.2) is 4.57 Å². The first-order valence-corrected chi connectivity index (χ1v) is 16.5. The summed E-state index contributed by atoms with van der Waals surface area (Å²) in [5, 5.41) is 2.57. The van der Waals surface area contributed by atoms with Crippen LogP contribution < -0.4 is 0 Å². The zero-order valence-electron chi connectivity index (χ0n) is 28.8. The molecule has 232 valence electrons. The first-order valence-electron chi connectivity index (χ1n) is 16.5. The second-order valence-electron chi connectivity index (χ2n) is 12.4. The molecule has 0 N–H and O–H groups in total. The second kappa shape index (κ2) is 13.6. The zero-order chi connectivity index (χ0) is 33.0. The lowest BCUT2D eigenvalue weighted by Gasteiger charge is -2.26. The second-order valence-corrected chi connectivity index (χ2v) is 12.4. The van der Waals surface area contributed by atoms with E-state index in [1.54, 1.807) is 0 Å². The van der Waals surface area contributed by atoms with Crippen LogP contribution in [0.25, 0.3) is 49.8 Å². The van der Waals surface area contributed by atoms with Gasteiger partial charge in [0.25, 0.3) is 0 Å². The molecule has 1 heterocycles. The molecule has 46 heavy (non-hydrogen) atoms. The minimum absolute atomic E-state index is 0.0669. The number of nitrogens with zero attached hydrogens (tertiary/aromatic N) is 1. The number of fused-ring (bicyclic) bond motifs is 6. The molecule has 1 heteroatoms. The van der Waals surface area contributed by atoms with Crippen molar-refractivity contribution in [2.24, 2.45) is 0 Å². The number of aryl methyl sites for hydroxylation is 3. The van der Waals surface area contributed by atoms with Crippen LogP contribution in [-0.2, 0) is 5.41 Å². The average Bonchev–Trinajstić information content (AvgIpc) is 3.51. The van der Waals surface area contributed by atoms with E-state index in [9.17, 15) is 0 Å². The van der Waals surface area contributed by atoms with Gasteiger partial charge in [0.2, 0.25) is 0 Å². The summed E-state index contributed by atoms with van der Waals surface area (Å²) in [6, 6.07) is 37.3. The first kappa shape index (κ1) is 32.5. The third-order valence-electron chi connectivity index (χ3n) is 9.11. The molecule has 0 saturated carbocycles. The van der Waals surface area contributed by atoms with Gasteiger partial charge in [-0.2, -0.15) is 0 Å². The Bertz CT molecular complexity index is 2080. The fourth-order valence-corrected chi connectivity index (χ4v) is 7.00. The number of hydrogen-bond acceptors (Lipinski definition) is 0. The summed E-state index contributed by atoms with van der Waals surface area (Å²) < 4.78 is 2.39. The van der Waals surface area contributed by atoms with Crippen molar-refractivity contribution in [3.63, 3.8) is 0 Å². The van der Waals surface area contributed by atoms with E-state index >= 15 is 0 Å². The van der Waals surface area contributed by atoms with Crippen molar-refractivity contribution in [1.29, 1.82) is 0 Å². The van der Waals surface area contributed by atoms with Crippen LogP contribution in [0.1, 0.15) is 62.4 Å². The summed E-state index contributed by atoms with van der Waals surface area (Å²) in [4.78, 5) is 0. The Kier molecular flexibility index (Phi) is 9.63. The smallest absolute Gasteiger partial charge is 0.0547 e. The normalized spacial score (nSPS) is 13.1. The Morgan fingerprint density at radius 3 is 2.02 bits per heavy atom. The lowest BCUT2D eigenvalue weighted by atomic mass is 9.77. The number of rotatable bonds is 4. The molecule has 1 aromatic heterocycles. The minimum atomic E-state index is -0.0669. The van der Waals surface area contributed by atoms with Gasteiger partial charge >= 0.3 is 0 Å². The van der Waals surface area contributed by atoms with Gasteiger partial charge in [0.1, 0.15) is 0 Å². The van der Waals surface area contributed by atoms with E-state index in [1.807, 2.05) is 44.2 Å². The molecular formula is C45H47N. The summed E-state index contributed by atoms with van der Waals surface area (Å²) in [7, 11) is 0. The van der Waals surface area contributed by atoms with E-state index in [2.05, 4.69) is 150 Å². The van der Waals surface area contributed by atoms with Gasteiger partial charge in [0.05, 0.1) is 11.0 Å². The number of hydrogen-bond donors (Lipinski definition) is 0. The van der Waals surface area contributed by atoms with Gasteiger partial charge in [0.15, 0.2) is 0 Å². The van der Waals surface area contributed by atoms with E-state index in [-0.39, 0.29) is 5.41 Å². The molecular weight excluding hydrogens is 555 g/mol. The van der Waals surface area contributed by atoms with E-state index in [0.29, 0.717) is 0 Å². The van der Waals surface area contributed by atoms with Crippen molar-refractivity contribution < 1.29 is 0 Å². The predicted molar refractivity (Wildman–Crippen MR) is 204 cm³/mol. The lowest BCUT2D eigenvalue weighted by Crippen LogP contribution is -2.17. The zero-order valence-corrected chi connectivity index (χ0v) is 28.8. The van der Waals surface area contributed by atoms with E-state index < -0.39 is 0 Å². The molecule has 0 bridgehead atoms. The molecule has 1 aliphatic rings. The van der Waals surface area contributed by atoms with Crippen LogP contribution in [0.3, 0.4) is 0 Å². The van der Waals surface area contributed by atoms with Crippen LogP contribution in [0.2, 0.25) is 0 Å². The van der Waals surface area contributed by atoms with Gasteiger partial charge < -0.3 is 4.57 Å². The molecule has 0 amide bonds. The number of aromatic nitrogens is 1. The topological polar surface area (TPSA) is 4.93 Å². The van der Waals surface area contributed by atoms with Crippen molar-refractivity contribution in [3.05, 3.63) is 162 Å². The molecule has 0 unspecified atom stereocenters. The predicted octanol–water partition coefficient (Wildman–Crippen LogP) is 13.0. The molecule has 0 saturated heterocycles. The fraction of sp³-hybridized carbons (Fsp3) is 0.200. The summed E-state index contributed by atoms with van der Waals surface area (Å²) in [5.74, 6) is 0. The van der Waals surface area contributed by atoms with Crippen molar-refractivity contribution in [3.8, 4) is 22.3 Å². The van der Waals surface area contributed by atoms with Crippen molar-refractivity contribution in [1.82, 2.24) is 4.57 Å². The highest BCUT2D eigenvalue weighted by molar-refractivity contribution is 6.12. The minimum Gasteiger partial charge on any atom is -0.310 e. The van der Waals surface area contributed by atoms with Crippen molar-refractivity contribution >= 4 is 27.5 Å². The van der Waals surface area contributed by atoms with Gasteiger partial charge in [0, 0.05) is 21.9 Å². The molecule has 6 aromatic rings. The fourth-order valence-electron chi connectivity index (χ4n) is 7.00. The van der Waals surface area contributed by atoms with Crippen molar-refractivity contribution in [2.75, 3.05) is 0 Å². The van der Waals surface area contributed by atoms with Crippen LogP contribution >= 0.6 is 0 Å². The number of allylic oxidation sites excluding steroid dienone is 5. The van der Waals surface area contributed by atoms with E-state index in [1.165, 1.54) is 71.9 Å². The Morgan fingerprint density at radius 2 is 1.35 bits per heavy atom. The Balaban J connectivity index is 0.000000406. The number of benzene rings is 5. The van der Waals surface area contributed by atoms with Gasteiger partial charge in [-0.3, -0.25) is 0 Å². The Morgan fingerprint density at radius 1 is 0.674 bits per heavy atom. The SMILES string of the molecule is C=C/C=C\C(=C/C)n1c2ccccc2c2cc(C)c(-c3c(C)ccc4c3C(C)(C)c3ccccc3-4)cc21.CC.Cc1ccccc1. The van der Waals surface area contributed by atoms with Crippen molar-refractivity contribution in [2.45, 2.75) is 60.8 Å². The Hall–Kier alpha value is -4.88. The van der Waals surface area contributed by atoms with Crippen LogP contribution in [0.4, 0.5) is 0 Å². The maximum absolute atomic E-state index is 3.89. The van der Waals surface area contributed by atoms with Gasteiger partial charge in [-0.25, -0.2) is 0 Å². The molecule has 0 radical (unpaired) electrons. The molecule has 1 nitrogen and oxygen atoms in total. The summed E-state index contributed by atoms with van der Waals surface area (Å²) in [5.41, 5.74) is 15.7. The van der Waals surface area contributed by atoms with Crippen LogP contribution in [0.15, 0.2) is 134 Å². The first-order chi connectivity index (χ1) is 22.3. The summed E-state index contributed by atoms with van der Waals surface area (Å²) in [6.07, 6.45) is 8.17. The molecule has 1 aliphatic carbocycles. The molecule has 5 aromatic carbocycles. The highest BCUT2D eigenvalue weighted by Gasteiger charge is 2.38. The maximum Gasteiger partial charge on any atom is 0.0547 e. The average molecular weight is 602 g/mol. The molecule has 0 aliphatic heterocycles. The molecule has 0 atom stereocenters. The Labute approximate surface area is 276 Å². The van der Waals surface area contributed by atoms with E-state index in [0.717, 1.165) is 5.70 Å². The molecule has 0 spiro atoms. The quantitative estimate of drug-likeness (QED) is 0.177. The highest BCUT2D eigenvalue weighted by Crippen LogP contribution is 2.53. The molecule has 0 fully saturated rings. The van der Waals surface area contributed by atoms with E-state index in [4.69, 9.17) is 0 Å². The third-order valence-corrected chi connectivity index (χ3v) is 9.11. The third kappa shape index (κ3) is 5.67. The standard InChI is InChI=1S/C36H33N.C7H8.C2H6/c1-7-9-14-25(8-2)37-32-18-13-11-16-27(32)30-21-24(4)29(22-33(30)37)34-23(3)19-20-28-26-15-10-12-17-31(26)36(5,6)35(28)34;1-7-5-3-2-4-6-7;1-2/h7-22H,1H2,2-6H3;2-6H,1H3;1-2H3/b14-9-,25-8+;;. The summed E-state index contributed by atoms with van der Waals surface area (Å²) >= 11 is 0. The van der Waals surface area contributed by atoms with Crippen LogP contribution in [0.5, 0.6) is 0 Å². The van der Waals surface area contributed by atoms with Gasteiger partial charge in [-0.1, -0.05) is 143 Å². The van der Waals surface area contributed by atoms with Gasteiger partial charge in [-0.05, 0) is 96.5 Å². The monoisotopic (exact) mass is 601 g/mol. The highest BCUT2D eigenvalue weighted by atomic mass is 15.0. The van der Waals surface area contributed by atoms with Gasteiger partial charge in [-0.15, -0.1) is 0 Å². The maximum atomic E-state index is 3.89. The molecule has 7 rings (SSSR count). The van der Waals surface area contributed by atoms with Crippen LogP contribution in [0, 0.1) is 20.8 Å². The summed E-state index contributed by atoms with van der Waals surface area (Å²) in [6.45, 7) is 21.4.